The molecule has 17 heavy (non-hydrogen) atoms. The number of carboxylic acids is 1. The molecule has 1 fully saturated rings. The van der Waals surface area contributed by atoms with E-state index < -0.39 is 11.5 Å². The Morgan fingerprint density at radius 2 is 1.41 bits per heavy atom. The van der Waals surface area contributed by atoms with Crippen LogP contribution in [0, 0.1) is 17.3 Å². The normalized spacial score (nSPS) is 29.0. The van der Waals surface area contributed by atoms with Crippen LogP contribution in [0.3, 0.4) is 0 Å². The fourth-order valence-corrected chi connectivity index (χ4v) is 2.73. The average Bonchev–Trinajstić information content (AvgIpc) is 2.16. The second-order valence-electron chi connectivity index (χ2n) is 6.50. The highest BCUT2D eigenvalue weighted by Gasteiger charge is 2.41. The van der Waals surface area contributed by atoms with Crippen LogP contribution in [0.4, 0.5) is 0 Å². The fraction of sp³-hybridized carbons (Fsp3) is 0.923. The lowest BCUT2D eigenvalue weighted by Gasteiger charge is -2.40. The number of carbonyl (C=O) groups is 1. The molecule has 1 unspecified atom stereocenters. The molecule has 0 spiro atoms. The van der Waals surface area contributed by atoms with Crippen LogP contribution >= 0.6 is 12.4 Å². The number of carboxylic acid groups (broad SMARTS) is 1. The molecule has 1 rings (SSSR count). The summed E-state index contributed by atoms with van der Waals surface area (Å²) < 4.78 is 0. The zero-order chi connectivity index (χ0) is 12.6. The molecule has 0 saturated heterocycles. The first-order chi connectivity index (χ1) is 7.15. The van der Waals surface area contributed by atoms with Crippen molar-refractivity contribution in [2.75, 3.05) is 0 Å². The van der Waals surface area contributed by atoms with E-state index in [2.05, 4.69) is 20.8 Å². The predicted octanol–water partition coefficient (Wildman–Crippen LogP) is 3.06. The molecule has 0 aromatic heterocycles. The molecule has 1 atom stereocenters. The van der Waals surface area contributed by atoms with Crippen LogP contribution < -0.4 is 5.73 Å². The Labute approximate surface area is 111 Å². The second-order valence-corrected chi connectivity index (χ2v) is 6.50. The number of aliphatic carboxylic acids is 1. The summed E-state index contributed by atoms with van der Waals surface area (Å²) in [6, 6.07) is 0. The van der Waals surface area contributed by atoms with E-state index in [4.69, 9.17) is 10.8 Å². The van der Waals surface area contributed by atoms with Crippen molar-refractivity contribution >= 4 is 18.4 Å². The van der Waals surface area contributed by atoms with Gasteiger partial charge in [-0.2, -0.15) is 0 Å². The molecular formula is C13H26ClNO2. The Morgan fingerprint density at radius 3 is 1.71 bits per heavy atom. The molecule has 0 bridgehead atoms. The molecule has 0 radical (unpaired) electrons. The largest absolute Gasteiger partial charge is 0.480 e. The highest BCUT2D eigenvalue weighted by Crippen LogP contribution is 2.42. The summed E-state index contributed by atoms with van der Waals surface area (Å²) in [6.07, 6.45) is 4.10. The van der Waals surface area contributed by atoms with Crippen molar-refractivity contribution < 1.29 is 9.90 Å². The maximum absolute atomic E-state index is 11.1. The second kappa shape index (κ2) is 5.57. The first-order valence-electron chi connectivity index (χ1n) is 6.18. The third kappa shape index (κ3) is 3.85. The average molecular weight is 264 g/mol. The summed E-state index contributed by atoms with van der Waals surface area (Å²) in [6.45, 7) is 8.43. The molecule has 0 heterocycles. The van der Waals surface area contributed by atoms with Crippen molar-refractivity contribution in [3.63, 3.8) is 0 Å². The summed E-state index contributed by atoms with van der Waals surface area (Å²) in [5, 5.41) is 9.09. The molecule has 0 aliphatic heterocycles. The van der Waals surface area contributed by atoms with Crippen LogP contribution in [0.2, 0.25) is 0 Å². The van der Waals surface area contributed by atoms with Gasteiger partial charge >= 0.3 is 5.97 Å². The number of rotatable bonds is 2. The highest BCUT2D eigenvalue weighted by atomic mass is 35.5. The highest BCUT2D eigenvalue weighted by molar-refractivity contribution is 5.85. The van der Waals surface area contributed by atoms with Crippen LogP contribution in [-0.4, -0.2) is 16.6 Å². The molecule has 3 nitrogen and oxygen atoms in total. The maximum Gasteiger partial charge on any atom is 0.323 e. The lowest BCUT2D eigenvalue weighted by Crippen LogP contribution is -2.52. The van der Waals surface area contributed by atoms with Crippen molar-refractivity contribution in [1.82, 2.24) is 0 Å². The monoisotopic (exact) mass is 263 g/mol. The molecule has 102 valence electrons. The summed E-state index contributed by atoms with van der Waals surface area (Å²) in [4.78, 5) is 11.1. The van der Waals surface area contributed by atoms with Crippen molar-refractivity contribution in [2.45, 2.75) is 58.9 Å². The van der Waals surface area contributed by atoms with Gasteiger partial charge in [-0.1, -0.05) is 20.8 Å². The Hall–Kier alpha value is -0.280. The van der Waals surface area contributed by atoms with E-state index in [-0.39, 0.29) is 18.3 Å². The Bertz CT molecular complexity index is 263. The first kappa shape index (κ1) is 16.7. The Kier molecular flexibility index (Phi) is 5.48. The molecule has 0 aromatic rings. The van der Waals surface area contributed by atoms with Gasteiger partial charge in [0.25, 0.3) is 0 Å². The minimum Gasteiger partial charge on any atom is -0.480 e. The molecule has 0 aromatic carbocycles. The van der Waals surface area contributed by atoms with Gasteiger partial charge in [-0.25, -0.2) is 0 Å². The standard InChI is InChI=1S/C13H25NO2.ClH/c1-12(2,3)9-5-7-10(8-6-9)13(4,14)11(15)16;/h9-10H,5-8,14H2,1-4H3,(H,15,16);1H. The van der Waals surface area contributed by atoms with Crippen LogP contribution in [0.25, 0.3) is 0 Å². The first-order valence-corrected chi connectivity index (χ1v) is 6.18. The van der Waals surface area contributed by atoms with Gasteiger partial charge in [0, 0.05) is 0 Å². The quantitative estimate of drug-likeness (QED) is 0.805. The van der Waals surface area contributed by atoms with E-state index >= 15 is 0 Å². The molecule has 1 aliphatic rings. The SMILES string of the molecule is CC(C)(C)C1CCC(C(C)(N)C(=O)O)CC1.Cl. The van der Waals surface area contributed by atoms with Gasteiger partial charge in [-0.05, 0) is 49.9 Å². The van der Waals surface area contributed by atoms with E-state index in [0.717, 1.165) is 25.7 Å². The predicted molar refractivity (Wildman–Crippen MR) is 72.4 cm³/mol. The summed E-state index contributed by atoms with van der Waals surface area (Å²) in [5.41, 5.74) is 5.17. The third-order valence-corrected chi connectivity index (χ3v) is 4.26. The number of nitrogens with two attached hydrogens (primary N) is 1. The Balaban J connectivity index is 0.00000256. The van der Waals surface area contributed by atoms with Gasteiger partial charge < -0.3 is 10.8 Å². The van der Waals surface area contributed by atoms with Gasteiger partial charge in [0.05, 0.1) is 0 Å². The van der Waals surface area contributed by atoms with Crippen molar-refractivity contribution in [3.8, 4) is 0 Å². The van der Waals surface area contributed by atoms with E-state index in [9.17, 15) is 4.79 Å². The number of hydrogen-bond acceptors (Lipinski definition) is 2. The minimum atomic E-state index is -1.05. The number of halogens is 1. The molecule has 1 saturated carbocycles. The van der Waals surface area contributed by atoms with Crippen molar-refractivity contribution in [1.29, 1.82) is 0 Å². The van der Waals surface area contributed by atoms with Gasteiger partial charge in [0.1, 0.15) is 5.54 Å². The number of hydrogen-bond donors (Lipinski definition) is 2. The summed E-state index contributed by atoms with van der Waals surface area (Å²) in [7, 11) is 0. The van der Waals surface area contributed by atoms with Gasteiger partial charge in [0.2, 0.25) is 0 Å². The lowest BCUT2D eigenvalue weighted by molar-refractivity contribution is -0.145. The van der Waals surface area contributed by atoms with Crippen molar-refractivity contribution in [3.05, 3.63) is 0 Å². The van der Waals surface area contributed by atoms with E-state index in [1.165, 1.54) is 0 Å². The van der Waals surface area contributed by atoms with Gasteiger partial charge in [0.15, 0.2) is 0 Å². The molecule has 1 aliphatic carbocycles. The minimum absolute atomic E-state index is 0. The smallest absolute Gasteiger partial charge is 0.323 e. The third-order valence-electron chi connectivity index (χ3n) is 4.26. The van der Waals surface area contributed by atoms with E-state index in [1.807, 2.05) is 0 Å². The molecule has 3 N–H and O–H groups in total. The summed E-state index contributed by atoms with van der Waals surface area (Å²) >= 11 is 0. The van der Waals surface area contributed by atoms with Crippen LogP contribution in [0.15, 0.2) is 0 Å². The fourth-order valence-electron chi connectivity index (χ4n) is 2.73. The molecule has 4 heteroatoms. The zero-order valence-electron chi connectivity index (χ0n) is 11.3. The Morgan fingerprint density at radius 1 is 1.06 bits per heavy atom. The summed E-state index contributed by atoms with van der Waals surface area (Å²) in [5.74, 6) is -0.0383. The van der Waals surface area contributed by atoms with Crippen LogP contribution in [0.1, 0.15) is 53.4 Å². The topological polar surface area (TPSA) is 63.3 Å². The van der Waals surface area contributed by atoms with Gasteiger partial charge in [-0.3, -0.25) is 4.79 Å². The lowest BCUT2D eigenvalue weighted by atomic mass is 9.66. The van der Waals surface area contributed by atoms with Crippen molar-refractivity contribution in [2.24, 2.45) is 23.0 Å². The van der Waals surface area contributed by atoms with Crippen LogP contribution in [-0.2, 0) is 4.79 Å². The van der Waals surface area contributed by atoms with E-state index in [0.29, 0.717) is 11.3 Å². The molecular weight excluding hydrogens is 238 g/mol. The van der Waals surface area contributed by atoms with E-state index in [1.54, 1.807) is 6.92 Å². The molecule has 0 amide bonds. The van der Waals surface area contributed by atoms with Gasteiger partial charge in [-0.15, -0.1) is 12.4 Å². The zero-order valence-corrected chi connectivity index (χ0v) is 12.1. The van der Waals surface area contributed by atoms with Crippen LogP contribution in [0.5, 0.6) is 0 Å². The maximum atomic E-state index is 11.1.